The van der Waals surface area contributed by atoms with E-state index in [0.29, 0.717) is 45.4 Å². The number of rotatable bonds is 6. The molecule has 2 atom stereocenters. The van der Waals surface area contributed by atoms with Crippen LogP contribution in [-0.4, -0.2) is 50.2 Å². The molecule has 2 saturated heterocycles. The van der Waals surface area contributed by atoms with Gasteiger partial charge < -0.3 is 19.6 Å². The number of halogens is 1. The van der Waals surface area contributed by atoms with E-state index in [0.717, 1.165) is 30.7 Å². The maximum atomic E-state index is 13.5. The molecule has 1 aromatic carbocycles. The normalized spacial score (nSPS) is 26.5. The van der Waals surface area contributed by atoms with Crippen LogP contribution in [0.4, 0.5) is 4.39 Å². The van der Waals surface area contributed by atoms with Crippen molar-refractivity contribution in [3.8, 4) is 0 Å². The molecule has 0 saturated carbocycles. The fourth-order valence-corrected chi connectivity index (χ4v) is 4.30. The Morgan fingerprint density at radius 3 is 2.86 bits per heavy atom. The number of ether oxygens (including phenoxy) is 2. The number of nitrogens with zero attached hydrogens (tertiary/aromatic N) is 1. The zero-order valence-corrected chi connectivity index (χ0v) is 16.0. The van der Waals surface area contributed by atoms with E-state index in [4.69, 9.17) is 14.3 Å². The van der Waals surface area contributed by atoms with Crippen LogP contribution in [-0.2, 0) is 19.1 Å². The third-order valence-electron chi connectivity index (χ3n) is 5.96. The highest BCUT2D eigenvalue weighted by Gasteiger charge is 2.43. The van der Waals surface area contributed by atoms with Crippen molar-refractivity contribution in [1.82, 2.24) is 5.32 Å². The highest BCUT2D eigenvalue weighted by Crippen LogP contribution is 2.38. The van der Waals surface area contributed by atoms with Crippen LogP contribution in [0.15, 0.2) is 29.4 Å². The van der Waals surface area contributed by atoms with Crippen LogP contribution in [0, 0.1) is 11.2 Å². The summed E-state index contributed by atoms with van der Waals surface area (Å²) in [7, 11) is 0. The van der Waals surface area contributed by atoms with Gasteiger partial charge in [-0.2, -0.15) is 0 Å². The van der Waals surface area contributed by atoms with Gasteiger partial charge in [-0.15, -0.1) is 0 Å². The second-order valence-electron chi connectivity index (χ2n) is 7.92. The van der Waals surface area contributed by atoms with Crippen molar-refractivity contribution >= 4 is 11.6 Å². The molecule has 0 bridgehead atoms. The van der Waals surface area contributed by atoms with Crippen molar-refractivity contribution < 1.29 is 23.5 Å². The Morgan fingerprint density at radius 1 is 1.25 bits per heavy atom. The number of hydrogen-bond donors (Lipinski definition) is 1. The van der Waals surface area contributed by atoms with Gasteiger partial charge in [0.2, 0.25) is 5.91 Å². The summed E-state index contributed by atoms with van der Waals surface area (Å²) in [6, 6.07) is 6.36. The SMILES string of the molecule is O=C(NC[C@H]1CCCO1)C1(C[C@H]2CC(c3cccc(F)c3)=NO2)CCOCC1. The lowest BCUT2D eigenvalue weighted by Crippen LogP contribution is -2.48. The quantitative estimate of drug-likeness (QED) is 0.811. The van der Waals surface area contributed by atoms with Gasteiger partial charge in [0.25, 0.3) is 0 Å². The van der Waals surface area contributed by atoms with E-state index in [1.807, 2.05) is 6.07 Å². The topological polar surface area (TPSA) is 69.2 Å². The maximum absolute atomic E-state index is 13.5. The molecule has 0 aromatic heterocycles. The summed E-state index contributed by atoms with van der Waals surface area (Å²) in [5.74, 6) is -0.243. The lowest BCUT2D eigenvalue weighted by atomic mass is 9.74. The van der Waals surface area contributed by atoms with Gasteiger partial charge in [-0.05, 0) is 37.8 Å². The number of hydrogen-bond acceptors (Lipinski definition) is 5. The number of benzene rings is 1. The van der Waals surface area contributed by atoms with E-state index in [2.05, 4.69) is 10.5 Å². The summed E-state index contributed by atoms with van der Waals surface area (Å²) in [6.07, 6.45) is 4.46. The number of nitrogens with one attached hydrogen (secondary N) is 1. The van der Waals surface area contributed by atoms with E-state index >= 15 is 0 Å². The molecular formula is C21H27FN2O4. The Bertz CT molecular complexity index is 727. The molecule has 28 heavy (non-hydrogen) atoms. The van der Waals surface area contributed by atoms with Gasteiger partial charge in [0.15, 0.2) is 0 Å². The first-order valence-corrected chi connectivity index (χ1v) is 10.1. The minimum atomic E-state index is -0.519. The summed E-state index contributed by atoms with van der Waals surface area (Å²) in [4.78, 5) is 18.7. The van der Waals surface area contributed by atoms with Crippen LogP contribution in [0.5, 0.6) is 0 Å². The molecule has 2 fully saturated rings. The van der Waals surface area contributed by atoms with Crippen LogP contribution in [0.2, 0.25) is 0 Å². The minimum Gasteiger partial charge on any atom is -0.392 e. The number of carbonyl (C=O) groups is 1. The fraction of sp³-hybridized carbons (Fsp3) is 0.619. The molecule has 152 valence electrons. The summed E-state index contributed by atoms with van der Waals surface area (Å²) < 4.78 is 24.6. The molecule has 1 N–H and O–H groups in total. The lowest BCUT2D eigenvalue weighted by molar-refractivity contribution is -0.140. The Kier molecular flexibility index (Phi) is 5.92. The molecule has 0 unspecified atom stereocenters. The van der Waals surface area contributed by atoms with Crippen LogP contribution in [0.1, 0.15) is 44.1 Å². The van der Waals surface area contributed by atoms with Crippen molar-refractivity contribution in [2.45, 2.75) is 50.7 Å². The molecule has 4 rings (SSSR count). The third kappa shape index (κ3) is 4.36. The first-order valence-electron chi connectivity index (χ1n) is 10.1. The fourth-order valence-electron chi connectivity index (χ4n) is 4.30. The molecule has 0 aliphatic carbocycles. The van der Waals surface area contributed by atoms with Gasteiger partial charge in [-0.3, -0.25) is 4.79 Å². The zero-order chi connectivity index (χ0) is 19.4. The van der Waals surface area contributed by atoms with Gasteiger partial charge in [0.1, 0.15) is 11.9 Å². The monoisotopic (exact) mass is 390 g/mol. The van der Waals surface area contributed by atoms with Crippen LogP contribution < -0.4 is 5.32 Å². The lowest BCUT2D eigenvalue weighted by Gasteiger charge is -2.37. The van der Waals surface area contributed by atoms with E-state index in [1.165, 1.54) is 12.1 Å². The largest absolute Gasteiger partial charge is 0.392 e. The molecule has 0 spiro atoms. The van der Waals surface area contributed by atoms with E-state index in [9.17, 15) is 9.18 Å². The molecule has 3 aliphatic heterocycles. The van der Waals surface area contributed by atoms with Crippen molar-refractivity contribution in [1.29, 1.82) is 0 Å². The van der Waals surface area contributed by atoms with Crippen molar-refractivity contribution in [2.75, 3.05) is 26.4 Å². The smallest absolute Gasteiger partial charge is 0.226 e. The molecule has 1 amide bonds. The predicted molar refractivity (Wildman–Crippen MR) is 102 cm³/mol. The zero-order valence-electron chi connectivity index (χ0n) is 16.0. The highest BCUT2D eigenvalue weighted by atomic mass is 19.1. The van der Waals surface area contributed by atoms with E-state index in [1.54, 1.807) is 6.07 Å². The van der Waals surface area contributed by atoms with Gasteiger partial charge in [0, 0.05) is 44.8 Å². The maximum Gasteiger partial charge on any atom is 0.226 e. The van der Waals surface area contributed by atoms with Gasteiger partial charge in [0.05, 0.1) is 17.2 Å². The summed E-state index contributed by atoms with van der Waals surface area (Å²) in [5.41, 5.74) is 0.937. The molecule has 3 heterocycles. The van der Waals surface area contributed by atoms with Gasteiger partial charge in [-0.1, -0.05) is 17.3 Å². The highest BCUT2D eigenvalue weighted by molar-refractivity contribution is 6.01. The Labute approximate surface area is 164 Å². The Hall–Kier alpha value is -1.99. The van der Waals surface area contributed by atoms with Gasteiger partial charge >= 0.3 is 0 Å². The second-order valence-corrected chi connectivity index (χ2v) is 7.92. The summed E-state index contributed by atoms with van der Waals surface area (Å²) in [6.45, 7) is 2.46. The van der Waals surface area contributed by atoms with Crippen LogP contribution in [0.3, 0.4) is 0 Å². The number of oxime groups is 1. The first kappa shape index (κ1) is 19.3. The number of carbonyl (C=O) groups excluding carboxylic acids is 1. The predicted octanol–water partition coefficient (Wildman–Crippen LogP) is 2.80. The van der Waals surface area contributed by atoms with E-state index in [-0.39, 0.29) is 23.9 Å². The molecule has 1 aromatic rings. The van der Waals surface area contributed by atoms with Crippen LogP contribution >= 0.6 is 0 Å². The summed E-state index contributed by atoms with van der Waals surface area (Å²) >= 11 is 0. The molecular weight excluding hydrogens is 363 g/mol. The number of amides is 1. The standard InChI is InChI=1S/C21H27FN2O4/c22-16-4-1-3-15(11-16)19-12-18(28-24-19)13-21(6-9-26-10-7-21)20(25)23-14-17-5-2-8-27-17/h1,3-4,11,17-18H,2,5-10,12-14H2,(H,23,25)/t17-,18-/m1/s1. The molecule has 7 heteroatoms. The Morgan fingerprint density at radius 2 is 2.11 bits per heavy atom. The van der Waals surface area contributed by atoms with Crippen molar-refractivity contribution in [3.63, 3.8) is 0 Å². The van der Waals surface area contributed by atoms with Crippen molar-refractivity contribution in [3.05, 3.63) is 35.6 Å². The summed E-state index contributed by atoms with van der Waals surface area (Å²) in [5, 5.41) is 7.26. The average molecular weight is 390 g/mol. The van der Waals surface area contributed by atoms with Gasteiger partial charge in [-0.25, -0.2) is 4.39 Å². The first-order chi connectivity index (χ1) is 13.6. The van der Waals surface area contributed by atoms with Crippen LogP contribution in [0.25, 0.3) is 0 Å². The third-order valence-corrected chi connectivity index (χ3v) is 5.96. The Balaban J connectivity index is 1.38. The second kappa shape index (κ2) is 8.57. The van der Waals surface area contributed by atoms with Crippen molar-refractivity contribution in [2.24, 2.45) is 10.6 Å². The van der Waals surface area contributed by atoms with E-state index < -0.39 is 5.41 Å². The molecule has 6 nitrogen and oxygen atoms in total. The minimum absolute atomic E-state index is 0.0501. The average Bonchev–Trinajstić information content (AvgIpc) is 3.39. The molecule has 3 aliphatic rings. The molecule has 0 radical (unpaired) electrons.